The van der Waals surface area contributed by atoms with E-state index in [-0.39, 0.29) is 62.4 Å². The molecule has 3 N–H and O–H groups in total. The molecule has 2 aliphatic heterocycles. The maximum atomic E-state index is 13.5. The SMILES string of the molecule is C[C@@H]1CCN(C(=O)CC#N)C[C@@H]1N(C)c1ncnc2c1ccn2C(=O)N(C)CCN(C)C(=O)OCc1ccccc1O[C@@H]1OC[C@@H](O)[C@H](O)[C@H]1O. The van der Waals surface area contributed by atoms with Gasteiger partial charge < -0.3 is 49.1 Å². The number of aliphatic hydroxyl groups is 3. The van der Waals surface area contributed by atoms with Gasteiger partial charge in [0.2, 0.25) is 12.2 Å². The number of ether oxygens (including phenoxy) is 3. The number of nitrogens with zero attached hydrogens (tertiary/aromatic N) is 8. The van der Waals surface area contributed by atoms with E-state index in [2.05, 4.69) is 16.9 Å². The third-order valence-electron chi connectivity index (χ3n) is 9.43. The van der Waals surface area contributed by atoms with Gasteiger partial charge in [0.15, 0.2) is 5.65 Å². The number of carbonyl (C=O) groups is 3. The van der Waals surface area contributed by atoms with Gasteiger partial charge in [0.05, 0.1) is 24.1 Å². The van der Waals surface area contributed by atoms with Crippen molar-refractivity contribution in [2.45, 2.75) is 57.0 Å². The molecule has 5 rings (SSSR count). The first kappa shape index (κ1) is 37.2. The van der Waals surface area contributed by atoms with Crippen LogP contribution < -0.4 is 9.64 Å². The van der Waals surface area contributed by atoms with Crippen LogP contribution in [0.5, 0.6) is 5.75 Å². The van der Waals surface area contributed by atoms with E-state index < -0.39 is 30.7 Å². The molecule has 51 heavy (non-hydrogen) atoms. The van der Waals surface area contributed by atoms with Crippen LogP contribution in [0, 0.1) is 17.2 Å². The summed E-state index contributed by atoms with van der Waals surface area (Å²) in [6.07, 6.45) is -2.39. The molecule has 0 radical (unpaired) electrons. The number of benzene rings is 1. The van der Waals surface area contributed by atoms with Crippen LogP contribution in [0.2, 0.25) is 0 Å². The number of likely N-dealkylation sites (tertiary alicyclic amines) is 1. The number of amides is 3. The quantitative estimate of drug-likeness (QED) is 0.269. The lowest BCUT2D eigenvalue weighted by atomic mass is 9.92. The number of aliphatic hydroxyl groups excluding tert-OH is 3. The van der Waals surface area contributed by atoms with Crippen LogP contribution in [0.1, 0.15) is 25.3 Å². The fourth-order valence-corrected chi connectivity index (χ4v) is 6.16. The number of nitriles is 1. The van der Waals surface area contributed by atoms with Crippen LogP contribution in [-0.4, -0.2) is 147 Å². The molecular formula is C34H44N8O9. The molecule has 2 saturated heterocycles. The number of fused-ring (bicyclic) bond motifs is 1. The zero-order chi connectivity index (χ0) is 36.8. The number of hydrogen-bond donors (Lipinski definition) is 3. The van der Waals surface area contributed by atoms with Crippen molar-refractivity contribution < 1.29 is 43.9 Å². The van der Waals surface area contributed by atoms with E-state index in [1.54, 1.807) is 55.5 Å². The molecule has 17 heteroatoms. The number of likely N-dealkylation sites (N-methyl/N-ethyl adjacent to an activating group) is 3. The van der Waals surface area contributed by atoms with Gasteiger partial charge in [-0.05, 0) is 24.5 Å². The monoisotopic (exact) mass is 708 g/mol. The van der Waals surface area contributed by atoms with Gasteiger partial charge in [0, 0.05) is 59.1 Å². The van der Waals surface area contributed by atoms with Crippen molar-refractivity contribution >= 4 is 34.9 Å². The van der Waals surface area contributed by atoms with E-state index in [1.165, 1.54) is 20.7 Å². The average Bonchev–Trinajstić information content (AvgIpc) is 3.57. The lowest BCUT2D eigenvalue weighted by Gasteiger charge is -2.42. The van der Waals surface area contributed by atoms with Gasteiger partial charge in [-0.2, -0.15) is 5.26 Å². The van der Waals surface area contributed by atoms with E-state index in [0.717, 1.165) is 6.42 Å². The number of aromatic nitrogens is 3. The second-order valence-corrected chi connectivity index (χ2v) is 12.9. The van der Waals surface area contributed by atoms with Crippen molar-refractivity contribution in [2.24, 2.45) is 5.92 Å². The first-order valence-electron chi connectivity index (χ1n) is 16.6. The average molecular weight is 709 g/mol. The van der Waals surface area contributed by atoms with Gasteiger partial charge in [-0.25, -0.2) is 19.6 Å². The summed E-state index contributed by atoms with van der Waals surface area (Å²) in [4.78, 5) is 54.2. The fraction of sp³-hybridized carbons (Fsp3) is 0.529. The van der Waals surface area contributed by atoms with Crippen LogP contribution in [0.25, 0.3) is 11.0 Å². The Kier molecular flexibility index (Phi) is 11.9. The Morgan fingerprint density at radius 3 is 2.57 bits per heavy atom. The normalized spacial score (nSPS) is 23.3. The highest BCUT2D eigenvalue weighted by Crippen LogP contribution is 2.30. The molecule has 0 bridgehead atoms. The van der Waals surface area contributed by atoms with Crippen LogP contribution >= 0.6 is 0 Å². The Morgan fingerprint density at radius 1 is 1.06 bits per heavy atom. The van der Waals surface area contributed by atoms with Crippen molar-refractivity contribution in [2.75, 3.05) is 58.8 Å². The Labute approximate surface area is 295 Å². The van der Waals surface area contributed by atoms with Gasteiger partial charge in [0.1, 0.15) is 49.2 Å². The van der Waals surface area contributed by atoms with Gasteiger partial charge >= 0.3 is 12.1 Å². The van der Waals surface area contributed by atoms with Crippen molar-refractivity contribution in [1.82, 2.24) is 29.2 Å². The second-order valence-electron chi connectivity index (χ2n) is 12.9. The maximum Gasteiger partial charge on any atom is 0.409 e. The molecule has 2 fully saturated rings. The highest BCUT2D eigenvalue weighted by molar-refractivity contribution is 5.95. The first-order valence-corrected chi connectivity index (χ1v) is 16.6. The Morgan fingerprint density at radius 2 is 1.80 bits per heavy atom. The predicted molar refractivity (Wildman–Crippen MR) is 181 cm³/mol. The molecule has 6 atom stereocenters. The lowest BCUT2D eigenvalue weighted by Crippen LogP contribution is -2.54. The summed E-state index contributed by atoms with van der Waals surface area (Å²) in [6, 6.07) is 9.97. The number of rotatable bonds is 10. The molecule has 0 saturated carbocycles. The van der Waals surface area contributed by atoms with E-state index in [9.17, 15) is 29.7 Å². The molecule has 0 unspecified atom stereocenters. The standard InChI is InChI=1S/C34H44N8O9/c1-21-10-13-41(27(44)9-12-35)17-24(21)40(4)30-23-11-14-42(31(23)37-20-36-30)33(47)38(2)15-16-39(3)34(48)50-18-22-7-5-6-8-26(22)51-32-29(46)28(45)25(43)19-49-32/h5-8,11,14,20-21,24-25,28-29,32,43,45-46H,9-10,13,15-19H2,1-4H3/t21-,24+,25-,28+,29-,32+/m1/s1. The number of para-hydroxylation sites is 1. The number of anilines is 1. The third kappa shape index (κ3) is 8.31. The van der Waals surface area contributed by atoms with Crippen LogP contribution in [-0.2, 0) is 20.9 Å². The molecule has 3 aromatic rings. The third-order valence-corrected chi connectivity index (χ3v) is 9.43. The number of hydrogen-bond acceptors (Lipinski definition) is 13. The molecule has 17 nitrogen and oxygen atoms in total. The largest absolute Gasteiger partial charge is 0.462 e. The summed E-state index contributed by atoms with van der Waals surface area (Å²) in [5.41, 5.74) is 0.896. The van der Waals surface area contributed by atoms with Crippen molar-refractivity contribution in [3.63, 3.8) is 0 Å². The van der Waals surface area contributed by atoms with Crippen LogP contribution in [0.4, 0.5) is 15.4 Å². The minimum atomic E-state index is -1.48. The van der Waals surface area contributed by atoms with Crippen molar-refractivity contribution in [3.8, 4) is 11.8 Å². The summed E-state index contributed by atoms with van der Waals surface area (Å²) < 4.78 is 17.9. The van der Waals surface area contributed by atoms with Gasteiger partial charge in [-0.15, -0.1) is 0 Å². The highest BCUT2D eigenvalue weighted by atomic mass is 16.7. The number of carbonyl (C=O) groups excluding carboxylic acids is 3. The molecule has 1 aromatic carbocycles. The Bertz CT molecular complexity index is 1750. The molecule has 3 amide bonds. The molecule has 2 aliphatic rings. The molecular weight excluding hydrogens is 664 g/mol. The summed E-state index contributed by atoms with van der Waals surface area (Å²) in [6.45, 7) is 3.13. The zero-order valence-electron chi connectivity index (χ0n) is 29.0. The summed E-state index contributed by atoms with van der Waals surface area (Å²) in [5, 5.41) is 39.5. The fourth-order valence-electron chi connectivity index (χ4n) is 6.16. The van der Waals surface area contributed by atoms with Crippen molar-refractivity contribution in [3.05, 3.63) is 48.4 Å². The van der Waals surface area contributed by atoms with E-state index in [0.29, 0.717) is 35.5 Å². The van der Waals surface area contributed by atoms with E-state index in [4.69, 9.17) is 19.5 Å². The maximum absolute atomic E-state index is 13.5. The van der Waals surface area contributed by atoms with Gasteiger partial charge in [-0.3, -0.25) is 9.36 Å². The predicted octanol–water partition coefficient (Wildman–Crippen LogP) is 1.00. The van der Waals surface area contributed by atoms with Crippen LogP contribution in [0.15, 0.2) is 42.9 Å². The number of piperidine rings is 1. The zero-order valence-corrected chi connectivity index (χ0v) is 29.0. The van der Waals surface area contributed by atoms with E-state index >= 15 is 0 Å². The summed E-state index contributed by atoms with van der Waals surface area (Å²) >= 11 is 0. The molecule has 0 aliphatic carbocycles. The lowest BCUT2D eigenvalue weighted by molar-refractivity contribution is -0.242. The molecule has 2 aromatic heterocycles. The van der Waals surface area contributed by atoms with E-state index in [1.807, 2.05) is 18.0 Å². The minimum Gasteiger partial charge on any atom is -0.462 e. The first-order chi connectivity index (χ1) is 24.4. The highest BCUT2D eigenvalue weighted by Gasteiger charge is 2.39. The molecule has 0 spiro atoms. The second kappa shape index (κ2) is 16.3. The Balaban J connectivity index is 1.17. The van der Waals surface area contributed by atoms with Crippen molar-refractivity contribution in [1.29, 1.82) is 5.26 Å². The molecule has 4 heterocycles. The summed E-state index contributed by atoms with van der Waals surface area (Å²) in [7, 11) is 5.06. The Hall–Kier alpha value is -5.02. The molecule has 274 valence electrons. The topological polar surface area (TPSA) is 207 Å². The smallest absolute Gasteiger partial charge is 0.409 e. The van der Waals surface area contributed by atoms with Gasteiger partial charge in [-0.1, -0.05) is 25.1 Å². The van der Waals surface area contributed by atoms with Crippen LogP contribution in [0.3, 0.4) is 0 Å². The minimum absolute atomic E-state index is 0.0552. The van der Waals surface area contributed by atoms with Gasteiger partial charge in [0.25, 0.3) is 0 Å². The summed E-state index contributed by atoms with van der Waals surface area (Å²) in [5.74, 6) is 0.947.